The molecule has 0 amide bonds. The molecule has 0 bridgehead atoms. The molecule has 2 atom stereocenters. The van der Waals surface area contributed by atoms with E-state index in [2.05, 4.69) is 26.1 Å². The third kappa shape index (κ3) is 4.94. The van der Waals surface area contributed by atoms with E-state index in [0.29, 0.717) is 6.54 Å². The van der Waals surface area contributed by atoms with Crippen LogP contribution in [0.1, 0.15) is 40.0 Å². The summed E-state index contributed by atoms with van der Waals surface area (Å²) in [4.78, 5) is 0. The van der Waals surface area contributed by atoms with Crippen LogP contribution >= 0.6 is 0 Å². The van der Waals surface area contributed by atoms with Gasteiger partial charge in [-0.05, 0) is 33.6 Å². The Morgan fingerprint density at radius 3 is 2.71 bits per heavy atom. The third-order valence-corrected chi connectivity index (χ3v) is 2.43. The highest BCUT2D eigenvalue weighted by Gasteiger charge is 2.20. The number of nitrogens with one attached hydrogen (secondary N) is 1. The van der Waals surface area contributed by atoms with Crippen molar-refractivity contribution in [2.45, 2.75) is 57.8 Å². The maximum atomic E-state index is 9.73. The Labute approximate surface area is 86.8 Å². The zero-order valence-corrected chi connectivity index (χ0v) is 9.55. The van der Waals surface area contributed by atoms with Gasteiger partial charge in [0.2, 0.25) is 0 Å². The molecular formula is C11H23NO2. The molecule has 0 saturated carbocycles. The third-order valence-electron chi connectivity index (χ3n) is 2.43. The van der Waals surface area contributed by atoms with Crippen molar-refractivity contribution in [2.24, 2.45) is 0 Å². The highest BCUT2D eigenvalue weighted by Crippen LogP contribution is 2.16. The Kier molecular flexibility index (Phi) is 4.35. The number of ether oxygens (including phenoxy) is 1. The second-order valence-corrected chi connectivity index (χ2v) is 5.16. The van der Waals surface area contributed by atoms with Gasteiger partial charge in [-0.2, -0.15) is 0 Å². The lowest BCUT2D eigenvalue weighted by atomic mass is 10.1. The summed E-state index contributed by atoms with van der Waals surface area (Å²) in [5.41, 5.74) is 0.0809. The van der Waals surface area contributed by atoms with Gasteiger partial charge in [0.05, 0.1) is 12.2 Å². The largest absolute Gasteiger partial charge is 0.392 e. The van der Waals surface area contributed by atoms with E-state index >= 15 is 0 Å². The summed E-state index contributed by atoms with van der Waals surface area (Å²) in [6, 6.07) is 0. The van der Waals surface area contributed by atoms with Crippen molar-refractivity contribution in [2.75, 3.05) is 13.2 Å². The summed E-state index contributed by atoms with van der Waals surface area (Å²) < 4.78 is 5.47. The number of aliphatic hydroxyl groups is 1. The molecule has 0 aromatic heterocycles. The zero-order chi connectivity index (χ0) is 10.6. The van der Waals surface area contributed by atoms with Gasteiger partial charge in [-0.1, -0.05) is 0 Å². The van der Waals surface area contributed by atoms with Crippen molar-refractivity contribution >= 4 is 0 Å². The molecule has 2 N–H and O–H groups in total. The molecule has 0 aliphatic carbocycles. The topological polar surface area (TPSA) is 41.5 Å². The quantitative estimate of drug-likeness (QED) is 0.720. The minimum Gasteiger partial charge on any atom is -0.392 e. The smallest absolute Gasteiger partial charge is 0.0689 e. The molecule has 1 fully saturated rings. The molecule has 3 heteroatoms. The van der Waals surface area contributed by atoms with Crippen LogP contribution < -0.4 is 5.32 Å². The van der Waals surface area contributed by atoms with E-state index in [0.717, 1.165) is 25.9 Å². The molecule has 1 aliphatic rings. The van der Waals surface area contributed by atoms with Crippen LogP contribution in [0, 0.1) is 0 Å². The Bertz CT molecular complexity index is 159. The Balaban J connectivity index is 2.12. The zero-order valence-electron chi connectivity index (χ0n) is 9.55. The van der Waals surface area contributed by atoms with E-state index in [4.69, 9.17) is 4.74 Å². The number of rotatable bonds is 4. The molecule has 0 radical (unpaired) electrons. The van der Waals surface area contributed by atoms with Gasteiger partial charge in [0.25, 0.3) is 0 Å². The van der Waals surface area contributed by atoms with Gasteiger partial charge >= 0.3 is 0 Å². The minimum atomic E-state index is -0.280. The van der Waals surface area contributed by atoms with Crippen molar-refractivity contribution in [1.29, 1.82) is 0 Å². The minimum absolute atomic E-state index is 0.0809. The molecular weight excluding hydrogens is 178 g/mol. The average molecular weight is 201 g/mol. The molecule has 0 spiro atoms. The molecule has 1 aliphatic heterocycles. The van der Waals surface area contributed by atoms with E-state index in [-0.39, 0.29) is 17.7 Å². The van der Waals surface area contributed by atoms with Crippen LogP contribution in [-0.2, 0) is 4.74 Å². The van der Waals surface area contributed by atoms with Crippen LogP contribution in [0.25, 0.3) is 0 Å². The van der Waals surface area contributed by atoms with E-state index in [1.807, 2.05) is 0 Å². The molecule has 3 nitrogen and oxygen atoms in total. The highest BCUT2D eigenvalue weighted by molar-refractivity contribution is 4.76. The normalized spacial score (nSPS) is 25.3. The van der Waals surface area contributed by atoms with Gasteiger partial charge in [-0.25, -0.2) is 0 Å². The van der Waals surface area contributed by atoms with Crippen molar-refractivity contribution in [3.63, 3.8) is 0 Å². The van der Waals surface area contributed by atoms with Crippen LogP contribution in [0.15, 0.2) is 0 Å². The maximum Gasteiger partial charge on any atom is 0.0689 e. The van der Waals surface area contributed by atoms with E-state index in [9.17, 15) is 5.11 Å². The fraction of sp³-hybridized carbons (Fsp3) is 1.00. The van der Waals surface area contributed by atoms with E-state index in [1.54, 1.807) is 0 Å². The predicted octanol–water partition coefficient (Wildman–Crippen LogP) is 1.30. The fourth-order valence-electron chi connectivity index (χ4n) is 1.64. The fourth-order valence-corrected chi connectivity index (χ4v) is 1.64. The maximum absolute atomic E-state index is 9.73. The molecule has 0 aromatic rings. The Hall–Kier alpha value is -0.120. The van der Waals surface area contributed by atoms with Gasteiger partial charge in [-0.3, -0.25) is 0 Å². The van der Waals surface area contributed by atoms with Gasteiger partial charge in [0.1, 0.15) is 0 Å². The molecule has 1 saturated heterocycles. The summed E-state index contributed by atoms with van der Waals surface area (Å²) >= 11 is 0. The van der Waals surface area contributed by atoms with E-state index in [1.165, 1.54) is 0 Å². The number of β-amino-alcohol motifs (C(OH)–C–C–N with tert-alkyl or cyclic N) is 1. The van der Waals surface area contributed by atoms with Crippen molar-refractivity contribution < 1.29 is 9.84 Å². The van der Waals surface area contributed by atoms with Crippen molar-refractivity contribution in [1.82, 2.24) is 5.32 Å². The van der Waals surface area contributed by atoms with Crippen LogP contribution in [0.3, 0.4) is 0 Å². The molecule has 0 aromatic carbocycles. The SMILES string of the molecule is CC(C)(C)NCC(O)CC1CCCO1. The highest BCUT2D eigenvalue weighted by atomic mass is 16.5. The summed E-state index contributed by atoms with van der Waals surface area (Å²) in [6.45, 7) is 7.83. The van der Waals surface area contributed by atoms with Crippen LogP contribution in [0.4, 0.5) is 0 Å². The summed E-state index contributed by atoms with van der Waals surface area (Å²) in [7, 11) is 0. The van der Waals surface area contributed by atoms with Crippen molar-refractivity contribution in [3.05, 3.63) is 0 Å². The van der Waals surface area contributed by atoms with Crippen LogP contribution in [-0.4, -0.2) is 36.0 Å². The second kappa shape index (κ2) is 5.10. The van der Waals surface area contributed by atoms with Gasteiger partial charge in [0, 0.05) is 25.1 Å². The Morgan fingerprint density at radius 2 is 2.21 bits per heavy atom. The van der Waals surface area contributed by atoms with Crippen LogP contribution in [0.5, 0.6) is 0 Å². The first kappa shape index (κ1) is 12.0. The Morgan fingerprint density at radius 1 is 1.50 bits per heavy atom. The first-order valence-corrected chi connectivity index (χ1v) is 5.52. The van der Waals surface area contributed by atoms with Gasteiger partial charge < -0.3 is 15.2 Å². The summed E-state index contributed by atoms with van der Waals surface area (Å²) in [6.07, 6.45) is 3.02. The summed E-state index contributed by atoms with van der Waals surface area (Å²) in [5, 5.41) is 13.0. The molecule has 1 rings (SSSR count). The van der Waals surface area contributed by atoms with E-state index < -0.39 is 0 Å². The lowest BCUT2D eigenvalue weighted by Gasteiger charge is -2.23. The monoisotopic (exact) mass is 201 g/mol. The number of hydrogen-bond acceptors (Lipinski definition) is 3. The standard InChI is InChI=1S/C11H23NO2/c1-11(2,3)12-8-9(13)7-10-5-4-6-14-10/h9-10,12-13H,4-8H2,1-3H3. The van der Waals surface area contributed by atoms with Crippen LogP contribution in [0.2, 0.25) is 0 Å². The summed E-state index contributed by atoms with van der Waals surface area (Å²) in [5.74, 6) is 0. The number of aliphatic hydroxyl groups excluding tert-OH is 1. The first-order chi connectivity index (χ1) is 6.47. The van der Waals surface area contributed by atoms with Crippen molar-refractivity contribution in [3.8, 4) is 0 Å². The lowest BCUT2D eigenvalue weighted by molar-refractivity contribution is 0.0515. The first-order valence-electron chi connectivity index (χ1n) is 5.52. The second-order valence-electron chi connectivity index (χ2n) is 5.16. The van der Waals surface area contributed by atoms with Gasteiger partial charge in [0.15, 0.2) is 0 Å². The molecule has 2 unspecified atom stereocenters. The average Bonchev–Trinajstić information content (AvgIpc) is 2.52. The molecule has 1 heterocycles. The lowest BCUT2D eigenvalue weighted by Crippen LogP contribution is -2.41. The number of hydrogen-bond donors (Lipinski definition) is 2. The molecule has 84 valence electrons. The predicted molar refractivity (Wildman–Crippen MR) is 57.4 cm³/mol. The van der Waals surface area contributed by atoms with Gasteiger partial charge in [-0.15, -0.1) is 0 Å². The molecule has 14 heavy (non-hydrogen) atoms.